The van der Waals surface area contributed by atoms with Crippen molar-refractivity contribution in [2.45, 2.75) is 20.4 Å². The molecule has 1 amide bonds. The Morgan fingerprint density at radius 3 is 2.85 bits per heavy atom. The first kappa shape index (κ1) is 19.2. The number of nitrogens with zero attached hydrogens (tertiary/aromatic N) is 4. The lowest BCUT2D eigenvalue weighted by Crippen LogP contribution is -2.33. The number of amides is 1. The first-order valence-electron chi connectivity index (χ1n) is 8.05. The zero-order chi connectivity index (χ0) is 19.7. The van der Waals surface area contributed by atoms with E-state index in [1.807, 2.05) is 13.8 Å². The summed E-state index contributed by atoms with van der Waals surface area (Å²) < 4.78 is 7.37. The van der Waals surface area contributed by atoms with Gasteiger partial charge in [0.15, 0.2) is 5.11 Å². The number of hydrogen-bond donors (Lipinski definition) is 1. The molecule has 3 heterocycles. The summed E-state index contributed by atoms with van der Waals surface area (Å²) in [6.07, 6.45) is 3.09. The van der Waals surface area contributed by atoms with Crippen LogP contribution < -0.4 is 5.32 Å². The Labute approximate surface area is 168 Å². The molecule has 0 unspecified atom stereocenters. The predicted molar refractivity (Wildman–Crippen MR) is 105 cm³/mol. The van der Waals surface area contributed by atoms with Gasteiger partial charge < -0.3 is 19.8 Å². The highest BCUT2D eigenvalue weighted by atomic mass is 79.9. The van der Waals surface area contributed by atoms with Crippen molar-refractivity contribution in [3.05, 3.63) is 50.1 Å². The van der Waals surface area contributed by atoms with Gasteiger partial charge in [-0.05, 0) is 51.1 Å². The number of thiocarbonyl (C=S) groups is 1. The van der Waals surface area contributed by atoms with Crippen LogP contribution in [0.1, 0.15) is 25.4 Å². The highest BCUT2D eigenvalue weighted by Gasteiger charge is 2.31. The molecule has 2 aromatic rings. The van der Waals surface area contributed by atoms with Crippen LogP contribution in [0.5, 0.6) is 0 Å². The van der Waals surface area contributed by atoms with E-state index in [0.29, 0.717) is 39.3 Å². The summed E-state index contributed by atoms with van der Waals surface area (Å²) in [6, 6.07) is 3.43. The lowest BCUT2D eigenvalue weighted by atomic mass is 10.2. The zero-order valence-corrected chi connectivity index (χ0v) is 16.9. The molecule has 1 aliphatic heterocycles. The van der Waals surface area contributed by atoms with Gasteiger partial charge >= 0.3 is 5.82 Å². The van der Waals surface area contributed by atoms with Crippen LogP contribution in [-0.4, -0.2) is 37.2 Å². The minimum absolute atomic E-state index is 0.196. The van der Waals surface area contributed by atoms with Crippen molar-refractivity contribution in [2.24, 2.45) is 5.92 Å². The van der Waals surface area contributed by atoms with Gasteiger partial charge in [-0.3, -0.25) is 9.69 Å². The van der Waals surface area contributed by atoms with E-state index in [1.165, 1.54) is 15.8 Å². The van der Waals surface area contributed by atoms with E-state index in [1.54, 1.807) is 18.2 Å². The molecule has 0 atom stereocenters. The molecule has 142 valence electrons. The van der Waals surface area contributed by atoms with Crippen LogP contribution in [0.15, 0.2) is 32.9 Å². The van der Waals surface area contributed by atoms with Gasteiger partial charge in [0.05, 0.1) is 11.3 Å². The van der Waals surface area contributed by atoms with E-state index in [-0.39, 0.29) is 18.3 Å². The topological polar surface area (TPSA) is 106 Å². The number of furan rings is 1. The smallest absolute Gasteiger partial charge is 0.404 e. The molecule has 27 heavy (non-hydrogen) atoms. The van der Waals surface area contributed by atoms with E-state index in [2.05, 4.69) is 26.3 Å². The summed E-state index contributed by atoms with van der Waals surface area (Å²) in [6.45, 7) is 4.77. The molecule has 1 fully saturated rings. The lowest BCUT2D eigenvalue weighted by molar-refractivity contribution is -0.390. The Balaban J connectivity index is 1.74. The van der Waals surface area contributed by atoms with Crippen LogP contribution in [0.3, 0.4) is 0 Å². The van der Waals surface area contributed by atoms with Gasteiger partial charge in [0.2, 0.25) is 0 Å². The van der Waals surface area contributed by atoms with Crippen LogP contribution in [0.2, 0.25) is 0 Å². The quantitative estimate of drug-likeness (QED) is 0.310. The Morgan fingerprint density at radius 1 is 1.48 bits per heavy atom. The molecule has 0 radical (unpaired) electrons. The van der Waals surface area contributed by atoms with Crippen LogP contribution in [0, 0.1) is 16.0 Å². The average molecular weight is 454 g/mol. The second-order valence-corrected chi connectivity index (χ2v) is 7.60. The van der Waals surface area contributed by atoms with Gasteiger partial charge in [-0.15, -0.1) is 0 Å². The second kappa shape index (κ2) is 7.61. The molecule has 0 saturated carbocycles. The maximum atomic E-state index is 12.4. The summed E-state index contributed by atoms with van der Waals surface area (Å²) in [5.41, 5.74) is 0.346. The van der Waals surface area contributed by atoms with Crippen LogP contribution in [-0.2, 0) is 11.3 Å². The first-order valence-corrected chi connectivity index (χ1v) is 9.25. The van der Waals surface area contributed by atoms with E-state index in [4.69, 9.17) is 16.6 Å². The van der Waals surface area contributed by atoms with Gasteiger partial charge in [-0.1, -0.05) is 13.8 Å². The van der Waals surface area contributed by atoms with Gasteiger partial charge in [0.1, 0.15) is 28.2 Å². The second-order valence-electron chi connectivity index (χ2n) is 6.36. The maximum Gasteiger partial charge on any atom is 0.404 e. The largest absolute Gasteiger partial charge is 0.460 e. The molecule has 3 rings (SSSR count). The van der Waals surface area contributed by atoms with Crippen molar-refractivity contribution in [1.82, 2.24) is 20.0 Å². The number of aromatic nitrogens is 2. The molecular weight excluding hydrogens is 438 g/mol. The normalized spacial score (nSPS) is 15.9. The summed E-state index contributed by atoms with van der Waals surface area (Å²) in [5, 5.41) is 18.0. The fraction of sp³-hybridized carbons (Fsp3) is 0.312. The Bertz CT molecular complexity index is 949. The van der Waals surface area contributed by atoms with Crippen molar-refractivity contribution in [1.29, 1.82) is 0 Å². The van der Waals surface area contributed by atoms with Gasteiger partial charge in [0.25, 0.3) is 5.91 Å². The Kier molecular flexibility index (Phi) is 5.42. The molecule has 0 bridgehead atoms. The first-order chi connectivity index (χ1) is 12.7. The monoisotopic (exact) mass is 453 g/mol. The van der Waals surface area contributed by atoms with Crippen molar-refractivity contribution in [3.63, 3.8) is 0 Å². The molecule has 9 nitrogen and oxygen atoms in total. The highest BCUT2D eigenvalue weighted by molar-refractivity contribution is 9.10. The van der Waals surface area contributed by atoms with Crippen molar-refractivity contribution in [2.75, 3.05) is 6.54 Å². The number of nitro groups is 1. The van der Waals surface area contributed by atoms with Crippen molar-refractivity contribution in [3.8, 4) is 0 Å². The summed E-state index contributed by atoms with van der Waals surface area (Å²) in [7, 11) is 0. The fourth-order valence-electron chi connectivity index (χ4n) is 2.55. The Hall–Kier alpha value is -2.53. The van der Waals surface area contributed by atoms with Crippen LogP contribution >= 0.6 is 28.1 Å². The Morgan fingerprint density at radius 2 is 2.22 bits per heavy atom. The van der Waals surface area contributed by atoms with E-state index < -0.39 is 4.92 Å². The molecule has 1 N–H and O–H groups in total. The molecule has 0 spiro atoms. The molecule has 0 aromatic carbocycles. The van der Waals surface area contributed by atoms with Gasteiger partial charge in [0, 0.05) is 12.6 Å². The maximum absolute atomic E-state index is 12.4. The summed E-state index contributed by atoms with van der Waals surface area (Å²) in [4.78, 5) is 24.2. The van der Waals surface area contributed by atoms with Crippen LogP contribution in [0.4, 0.5) is 5.82 Å². The summed E-state index contributed by atoms with van der Waals surface area (Å²) >= 11 is 8.31. The van der Waals surface area contributed by atoms with E-state index in [9.17, 15) is 14.9 Å². The lowest BCUT2D eigenvalue weighted by Gasteiger charge is -2.15. The predicted octanol–water partition coefficient (Wildman–Crippen LogP) is 2.91. The number of carbonyl (C=O) groups excluding carboxylic acids is 1. The highest BCUT2D eigenvalue weighted by Crippen LogP contribution is 2.23. The van der Waals surface area contributed by atoms with Gasteiger partial charge in [-0.25, -0.2) is 0 Å². The molecule has 1 aliphatic rings. The van der Waals surface area contributed by atoms with E-state index >= 15 is 0 Å². The molecule has 11 heteroatoms. The SMILES string of the molecule is CC(C)CN1C(=O)/C(=C\c2ccc(Cn3cc(Br)c([N+](=O)[O-])n3)o2)NC1=S. The average Bonchev–Trinajstić information content (AvgIpc) is 3.23. The third-order valence-electron chi connectivity index (χ3n) is 3.67. The fourth-order valence-corrected chi connectivity index (χ4v) is 3.28. The number of rotatable bonds is 6. The zero-order valence-electron chi connectivity index (χ0n) is 14.5. The summed E-state index contributed by atoms with van der Waals surface area (Å²) in [5.74, 6) is 0.844. The molecule has 2 aromatic heterocycles. The molecule has 1 saturated heterocycles. The van der Waals surface area contributed by atoms with Crippen molar-refractivity contribution < 1.29 is 14.1 Å². The molecule has 0 aliphatic carbocycles. The minimum atomic E-state index is -0.568. The standard InChI is InChI=1S/C16H16BrN5O4S/c1-9(2)6-21-15(23)13(18-16(21)27)5-10-3-4-11(26-10)7-20-8-12(17)14(19-20)22(24)25/h3-5,8-9H,6-7H2,1-2H3,(H,18,27)/b13-5+. The molecular formula is C16H16BrN5O4S. The van der Waals surface area contributed by atoms with Crippen LogP contribution in [0.25, 0.3) is 6.08 Å². The number of halogens is 1. The third-order valence-corrected chi connectivity index (χ3v) is 4.55. The van der Waals surface area contributed by atoms with E-state index in [0.717, 1.165) is 0 Å². The number of hydrogen-bond acceptors (Lipinski definition) is 6. The number of nitrogens with one attached hydrogen (secondary N) is 1. The van der Waals surface area contributed by atoms with Gasteiger partial charge in [-0.2, -0.15) is 4.68 Å². The minimum Gasteiger partial charge on any atom is -0.460 e. The number of carbonyl (C=O) groups is 1. The van der Waals surface area contributed by atoms with Crippen molar-refractivity contribution >= 4 is 51.1 Å². The third kappa shape index (κ3) is 4.25.